The first-order chi connectivity index (χ1) is 5.45. The van der Waals surface area contributed by atoms with Gasteiger partial charge in [-0.15, -0.1) is 0 Å². The Morgan fingerprint density at radius 3 is 2.42 bits per heavy atom. The van der Waals surface area contributed by atoms with E-state index in [1.807, 2.05) is 0 Å². The van der Waals surface area contributed by atoms with Crippen molar-refractivity contribution in [2.24, 2.45) is 0 Å². The molecule has 0 amide bonds. The van der Waals surface area contributed by atoms with Crippen LogP contribution in [0.25, 0.3) is 0 Å². The summed E-state index contributed by atoms with van der Waals surface area (Å²) in [5.74, 6) is 0. The van der Waals surface area contributed by atoms with E-state index in [1.165, 1.54) is 0 Å². The molecule has 12 heavy (non-hydrogen) atoms. The molecular formula is C8H12Br2F2. The molecule has 0 aliphatic carbocycles. The summed E-state index contributed by atoms with van der Waals surface area (Å²) in [7, 11) is 0. The Balaban J connectivity index is 3.71. The second-order valence-electron chi connectivity index (χ2n) is 2.59. The highest BCUT2D eigenvalue weighted by atomic mass is 79.9. The third-order valence-electron chi connectivity index (χ3n) is 1.34. The molecule has 0 aromatic heterocycles. The molecule has 72 valence electrons. The number of allylic oxidation sites excluding steroid dienone is 2. The molecule has 0 unspecified atom stereocenters. The largest absolute Gasteiger partial charge is 0.320 e. The van der Waals surface area contributed by atoms with Gasteiger partial charge in [-0.2, -0.15) is 8.78 Å². The van der Waals surface area contributed by atoms with Crippen LogP contribution in [0.1, 0.15) is 32.6 Å². The fourth-order valence-electron chi connectivity index (χ4n) is 0.794. The van der Waals surface area contributed by atoms with Gasteiger partial charge in [0.2, 0.25) is 0 Å². The molecular weight excluding hydrogens is 294 g/mol. The highest BCUT2D eigenvalue weighted by Crippen LogP contribution is 2.28. The molecule has 0 aliphatic rings. The van der Waals surface area contributed by atoms with Crippen molar-refractivity contribution in [3.05, 3.63) is 10.6 Å². The van der Waals surface area contributed by atoms with Crippen molar-refractivity contribution in [2.45, 2.75) is 37.4 Å². The number of halogens is 4. The molecule has 0 bridgehead atoms. The first-order valence-electron chi connectivity index (χ1n) is 3.89. The van der Waals surface area contributed by atoms with E-state index >= 15 is 0 Å². The highest BCUT2D eigenvalue weighted by molar-refractivity contribution is 9.12. The molecule has 0 spiro atoms. The minimum absolute atomic E-state index is 0.567. The summed E-state index contributed by atoms with van der Waals surface area (Å²) in [6, 6.07) is 0. The molecule has 0 radical (unpaired) electrons. The molecule has 0 N–H and O–H groups in total. The Morgan fingerprint density at radius 1 is 1.42 bits per heavy atom. The van der Waals surface area contributed by atoms with Crippen molar-refractivity contribution in [2.75, 3.05) is 0 Å². The lowest BCUT2D eigenvalue weighted by Gasteiger charge is -2.03. The average Bonchev–Trinajstić information content (AvgIpc) is 1.84. The number of hydrogen-bond donors (Lipinski definition) is 0. The van der Waals surface area contributed by atoms with Gasteiger partial charge in [0.05, 0.1) is 0 Å². The van der Waals surface area contributed by atoms with E-state index in [4.69, 9.17) is 0 Å². The van der Waals surface area contributed by atoms with Crippen LogP contribution in [0.15, 0.2) is 10.6 Å². The van der Waals surface area contributed by atoms with Gasteiger partial charge < -0.3 is 0 Å². The minimum Gasteiger partial charge on any atom is -0.189 e. The smallest absolute Gasteiger partial charge is 0.189 e. The maximum Gasteiger partial charge on any atom is 0.320 e. The molecule has 0 rings (SSSR count). The lowest BCUT2D eigenvalue weighted by molar-refractivity contribution is 0.171. The van der Waals surface area contributed by atoms with Crippen molar-refractivity contribution in [3.63, 3.8) is 0 Å². The van der Waals surface area contributed by atoms with Crippen molar-refractivity contribution < 1.29 is 8.78 Å². The van der Waals surface area contributed by atoms with Crippen LogP contribution in [0.4, 0.5) is 8.78 Å². The Hall–Kier alpha value is 0.560. The maximum atomic E-state index is 12.3. The maximum absolute atomic E-state index is 12.3. The zero-order valence-electron chi connectivity index (χ0n) is 6.92. The summed E-state index contributed by atoms with van der Waals surface area (Å²) in [5, 5.41) is 0. The predicted molar refractivity (Wildman–Crippen MR) is 55.0 cm³/mol. The van der Waals surface area contributed by atoms with Gasteiger partial charge in [0.1, 0.15) is 0 Å². The predicted octanol–water partition coefficient (Wildman–Crippen LogP) is 4.83. The fraction of sp³-hybridized carbons (Fsp3) is 0.750. The first kappa shape index (κ1) is 12.6. The van der Waals surface area contributed by atoms with Gasteiger partial charge in [0.15, 0.2) is 0 Å². The van der Waals surface area contributed by atoms with E-state index in [-0.39, 0.29) is 0 Å². The summed E-state index contributed by atoms with van der Waals surface area (Å²) in [4.78, 5) is -2.88. The van der Waals surface area contributed by atoms with Gasteiger partial charge in [-0.3, -0.25) is 0 Å². The van der Waals surface area contributed by atoms with E-state index in [2.05, 4.69) is 38.8 Å². The topological polar surface area (TPSA) is 0 Å². The van der Waals surface area contributed by atoms with Crippen molar-refractivity contribution in [1.29, 1.82) is 0 Å². The van der Waals surface area contributed by atoms with E-state index in [9.17, 15) is 8.78 Å². The van der Waals surface area contributed by atoms with E-state index in [0.29, 0.717) is 10.9 Å². The van der Waals surface area contributed by atoms with E-state index in [0.717, 1.165) is 25.3 Å². The normalized spacial score (nSPS) is 13.6. The van der Waals surface area contributed by atoms with Gasteiger partial charge >= 0.3 is 4.83 Å². The zero-order valence-corrected chi connectivity index (χ0v) is 10.1. The summed E-state index contributed by atoms with van der Waals surface area (Å²) in [6.45, 7) is 2.08. The first-order valence-corrected chi connectivity index (χ1v) is 5.48. The fourth-order valence-corrected chi connectivity index (χ4v) is 1.95. The Kier molecular flexibility index (Phi) is 6.36. The summed E-state index contributed by atoms with van der Waals surface area (Å²) < 4.78 is 25.2. The van der Waals surface area contributed by atoms with Crippen molar-refractivity contribution in [1.82, 2.24) is 0 Å². The molecule has 0 saturated carbocycles. The summed E-state index contributed by atoms with van der Waals surface area (Å²) in [6.07, 6.45) is 4.72. The Labute approximate surface area is 88.7 Å². The van der Waals surface area contributed by atoms with E-state index < -0.39 is 4.83 Å². The van der Waals surface area contributed by atoms with Crippen LogP contribution >= 0.6 is 31.9 Å². The molecule has 0 aromatic rings. The molecule has 0 nitrogen and oxygen atoms in total. The zero-order chi connectivity index (χ0) is 9.61. The van der Waals surface area contributed by atoms with Crippen LogP contribution in [0.3, 0.4) is 0 Å². The number of rotatable bonds is 5. The van der Waals surface area contributed by atoms with Crippen LogP contribution in [-0.2, 0) is 0 Å². The van der Waals surface area contributed by atoms with Gasteiger partial charge in [0, 0.05) is 6.08 Å². The Morgan fingerprint density at radius 2 is 2.00 bits per heavy atom. The molecule has 0 aliphatic heterocycles. The number of unbranched alkanes of at least 4 members (excludes halogenated alkanes) is 2. The molecule has 0 heterocycles. The minimum atomic E-state index is -2.88. The van der Waals surface area contributed by atoms with Crippen molar-refractivity contribution in [3.8, 4) is 0 Å². The third-order valence-corrected chi connectivity index (χ3v) is 2.19. The van der Waals surface area contributed by atoms with Crippen molar-refractivity contribution >= 4 is 31.9 Å². The number of alkyl halides is 3. The van der Waals surface area contributed by atoms with Gasteiger partial charge in [-0.05, 0) is 33.3 Å². The second kappa shape index (κ2) is 6.08. The van der Waals surface area contributed by atoms with Crippen LogP contribution in [0, 0.1) is 0 Å². The highest BCUT2D eigenvalue weighted by Gasteiger charge is 2.19. The van der Waals surface area contributed by atoms with Gasteiger partial charge in [-0.25, -0.2) is 0 Å². The average molecular weight is 306 g/mol. The molecule has 0 saturated heterocycles. The van der Waals surface area contributed by atoms with Crippen LogP contribution in [0.5, 0.6) is 0 Å². The molecule has 4 heteroatoms. The SMILES string of the molecule is CCCCC/C(Br)=C/C(F)(F)Br. The lowest BCUT2D eigenvalue weighted by Crippen LogP contribution is -1.98. The quantitative estimate of drug-likeness (QED) is 0.504. The monoisotopic (exact) mass is 304 g/mol. The second-order valence-corrected chi connectivity index (χ2v) is 4.67. The van der Waals surface area contributed by atoms with Gasteiger partial charge in [-0.1, -0.05) is 35.7 Å². The Bertz CT molecular complexity index is 150. The van der Waals surface area contributed by atoms with Gasteiger partial charge in [0.25, 0.3) is 0 Å². The standard InChI is InChI=1S/C8H12Br2F2/c1-2-3-4-5-7(9)6-8(10,11)12/h6H,2-5H2,1H3/b7-6-. The third kappa shape index (κ3) is 8.65. The summed E-state index contributed by atoms with van der Waals surface area (Å²) in [5.41, 5.74) is 0. The molecule has 0 atom stereocenters. The molecule has 0 fully saturated rings. The number of hydrogen-bond acceptors (Lipinski definition) is 0. The summed E-state index contributed by atoms with van der Waals surface area (Å²) >= 11 is 5.34. The molecule has 0 aromatic carbocycles. The van der Waals surface area contributed by atoms with Crippen LogP contribution in [0.2, 0.25) is 0 Å². The van der Waals surface area contributed by atoms with Crippen LogP contribution < -0.4 is 0 Å². The lowest BCUT2D eigenvalue weighted by atomic mass is 10.2. The van der Waals surface area contributed by atoms with E-state index in [1.54, 1.807) is 0 Å². The van der Waals surface area contributed by atoms with Crippen LogP contribution in [-0.4, -0.2) is 4.83 Å².